The van der Waals surface area contributed by atoms with E-state index in [4.69, 9.17) is 4.74 Å². The predicted octanol–water partition coefficient (Wildman–Crippen LogP) is 5.81. The zero-order chi connectivity index (χ0) is 24.4. The van der Waals surface area contributed by atoms with Crippen molar-refractivity contribution < 1.29 is 14.6 Å². The van der Waals surface area contributed by atoms with Crippen LogP contribution in [0.5, 0.6) is 11.5 Å². The number of nitrogens with zero attached hydrogens (tertiary/aromatic N) is 2. The summed E-state index contributed by atoms with van der Waals surface area (Å²) in [7, 11) is 1.82. The van der Waals surface area contributed by atoms with Crippen molar-refractivity contribution >= 4 is 12.1 Å². The molecule has 0 bridgehead atoms. The molecular formula is C29H34N2O3. The molecule has 0 saturated carbocycles. The molecule has 2 unspecified atom stereocenters. The predicted molar refractivity (Wildman–Crippen MR) is 136 cm³/mol. The third-order valence-electron chi connectivity index (χ3n) is 7.59. The molecule has 5 nitrogen and oxygen atoms in total. The number of aliphatic imine (C=N–C) groups is 1. The molecule has 0 spiro atoms. The van der Waals surface area contributed by atoms with Gasteiger partial charge in [0.15, 0.2) is 0 Å². The molecule has 3 aliphatic heterocycles. The highest BCUT2D eigenvalue weighted by Crippen LogP contribution is 2.52. The molecule has 1 N–H and O–H groups in total. The molecule has 2 atom stereocenters. The van der Waals surface area contributed by atoms with Gasteiger partial charge < -0.3 is 14.7 Å². The molecule has 2 aromatic carbocycles. The van der Waals surface area contributed by atoms with Gasteiger partial charge in [0.2, 0.25) is 0 Å². The van der Waals surface area contributed by atoms with Crippen LogP contribution in [0.25, 0.3) is 11.1 Å². The lowest BCUT2D eigenvalue weighted by molar-refractivity contribution is 0.0763. The van der Waals surface area contributed by atoms with Crippen molar-refractivity contribution in [3.63, 3.8) is 0 Å². The van der Waals surface area contributed by atoms with Gasteiger partial charge in [-0.15, -0.1) is 0 Å². The van der Waals surface area contributed by atoms with Crippen molar-refractivity contribution in [1.82, 2.24) is 4.90 Å². The number of benzene rings is 2. The largest absolute Gasteiger partial charge is 0.506 e. The van der Waals surface area contributed by atoms with Crippen molar-refractivity contribution in [3.05, 3.63) is 58.2 Å². The molecule has 2 aromatic rings. The minimum absolute atomic E-state index is 0.0270. The van der Waals surface area contributed by atoms with Gasteiger partial charge in [0.25, 0.3) is 5.91 Å². The number of carbonyl (C=O) groups excluding carboxylic acids is 1. The highest BCUT2D eigenvalue weighted by atomic mass is 16.5. The molecule has 5 rings (SSSR count). The van der Waals surface area contributed by atoms with Crippen molar-refractivity contribution in [2.75, 3.05) is 13.6 Å². The Morgan fingerprint density at radius 1 is 1.15 bits per heavy atom. The number of rotatable bonds is 0. The summed E-state index contributed by atoms with van der Waals surface area (Å²) in [6.07, 6.45) is 6.78. The van der Waals surface area contributed by atoms with E-state index in [0.29, 0.717) is 29.8 Å². The van der Waals surface area contributed by atoms with Crippen LogP contribution >= 0.6 is 0 Å². The Kier molecular flexibility index (Phi) is 5.16. The Balaban J connectivity index is 1.67. The SMILES string of the molecule is Cc1ccc2c(c1)-c1c(cc3c(c1O)C(=O)N(C)CC1(C)C=NC(C)C=C1CCC3)OC2(C)C. The van der Waals surface area contributed by atoms with E-state index in [1.54, 1.807) is 4.90 Å². The summed E-state index contributed by atoms with van der Waals surface area (Å²) in [5.74, 6) is 0.511. The van der Waals surface area contributed by atoms with Crippen LogP contribution in [-0.2, 0) is 12.0 Å². The van der Waals surface area contributed by atoms with Gasteiger partial charge in [-0.05, 0) is 71.1 Å². The topological polar surface area (TPSA) is 62.1 Å². The number of phenols is 1. The second-order valence-corrected chi connectivity index (χ2v) is 10.9. The summed E-state index contributed by atoms with van der Waals surface area (Å²) in [4.78, 5) is 20.2. The van der Waals surface area contributed by atoms with Gasteiger partial charge in [-0.3, -0.25) is 9.79 Å². The monoisotopic (exact) mass is 458 g/mol. The minimum atomic E-state index is -0.530. The number of hydrogen-bond donors (Lipinski definition) is 1. The van der Waals surface area contributed by atoms with Gasteiger partial charge in [-0.2, -0.15) is 0 Å². The molecule has 0 saturated heterocycles. The van der Waals surface area contributed by atoms with E-state index in [1.807, 2.05) is 40.1 Å². The quantitative estimate of drug-likeness (QED) is 0.507. The van der Waals surface area contributed by atoms with Gasteiger partial charge >= 0.3 is 0 Å². The Hall–Kier alpha value is -3.08. The average molecular weight is 459 g/mol. The number of carbonyl (C=O) groups is 1. The lowest BCUT2D eigenvalue weighted by Crippen LogP contribution is -2.42. The number of aryl methyl sites for hydroxylation is 2. The fraction of sp³-hybridized carbons (Fsp3) is 0.448. The number of phenolic OH excluding ortho intramolecular Hbond substituents is 1. The first-order valence-electron chi connectivity index (χ1n) is 12.2. The fourth-order valence-electron chi connectivity index (χ4n) is 5.82. The van der Waals surface area contributed by atoms with Gasteiger partial charge in [0.05, 0.1) is 17.2 Å². The summed E-state index contributed by atoms with van der Waals surface area (Å²) in [6, 6.07) is 8.35. The number of ether oxygens (including phenoxy) is 1. The minimum Gasteiger partial charge on any atom is -0.506 e. The van der Waals surface area contributed by atoms with Crippen LogP contribution in [0.15, 0.2) is 40.9 Å². The van der Waals surface area contributed by atoms with E-state index in [0.717, 1.165) is 35.1 Å². The molecule has 3 aliphatic rings. The Morgan fingerprint density at radius 2 is 1.91 bits per heavy atom. The maximum Gasteiger partial charge on any atom is 0.257 e. The smallest absolute Gasteiger partial charge is 0.257 e. The van der Waals surface area contributed by atoms with Crippen LogP contribution in [0, 0.1) is 12.3 Å². The number of aromatic hydroxyl groups is 1. The van der Waals surface area contributed by atoms with Gasteiger partial charge in [-0.1, -0.05) is 35.4 Å². The molecule has 34 heavy (non-hydrogen) atoms. The second kappa shape index (κ2) is 7.72. The van der Waals surface area contributed by atoms with Gasteiger partial charge in [-0.25, -0.2) is 0 Å². The van der Waals surface area contributed by atoms with Crippen LogP contribution in [-0.4, -0.2) is 41.8 Å². The number of hydrogen-bond acceptors (Lipinski definition) is 4. The number of dihydropyridines is 1. The summed E-state index contributed by atoms with van der Waals surface area (Å²) >= 11 is 0. The molecule has 0 aliphatic carbocycles. The fourth-order valence-corrected chi connectivity index (χ4v) is 5.82. The summed E-state index contributed by atoms with van der Waals surface area (Å²) in [5, 5.41) is 11.6. The van der Waals surface area contributed by atoms with Gasteiger partial charge in [0, 0.05) is 30.8 Å². The van der Waals surface area contributed by atoms with E-state index < -0.39 is 5.60 Å². The van der Waals surface area contributed by atoms with E-state index in [9.17, 15) is 9.90 Å². The van der Waals surface area contributed by atoms with E-state index >= 15 is 0 Å². The van der Waals surface area contributed by atoms with Crippen LogP contribution in [0.3, 0.4) is 0 Å². The first-order valence-corrected chi connectivity index (χ1v) is 12.2. The lowest BCUT2D eigenvalue weighted by atomic mass is 9.76. The maximum absolute atomic E-state index is 13.8. The van der Waals surface area contributed by atoms with E-state index in [-0.39, 0.29) is 23.1 Å². The third-order valence-corrected chi connectivity index (χ3v) is 7.59. The van der Waals surface area contributed by atoms with E-state index in [2.05, 4.69) is 43.1 Å². The normalized spacial score (nSPS) is 25.4. The summed E-state index contributed by atoms with van der Waals surface area (Å²) in [5.41, 5.74) is 5.42. The average Bonchev–Trinajstić information content (AvgIpc) is 2.74. The Labute approximate surface area is 202 Å². The molecule has 0 fully saturated rings. The van der Waals surface area contributed by atoms with Crippen molar-refractivity contribution in [3.8, 4) is 22.6 Å². The zero-order valence-corrected chi connectivity index (χ0v) is 21.0. The molecule has 0 aromatic heterocycles. The Morgan fingerprint density at radius 3 is 2.68 bits per heavy atom. The van der Waals surface area contributed by atoms with E-state index in [1.165, 1.54) is 5.57 Å². The van der Waals surface area contributed by atoms with Crippen LogP contribution in [0.2, 0.25) is 0 Å². The molecule has 178 valence electrons. The van der Waals surface area contributed by atoms with Crippen molar-refractivity contribution in [1.29, 1.82) is 0 Å². The highest BCUT2D eigenvalue weighted by Gasteiger charge is 2.39. The van der Waals surface area contributed by atoms with Crippen molar-refractivity contribution in [2.45, 2.75) is 65.5 Å². The Bertz CT molecular complexity index is 1260. The standard InChI is InChI=1S/C29H34N2O3/c1-17-10-11-22-21(12-17)25-23(34-28(22,3)4)14-19-8-7-9-20-13-18(2)30-15-29(20,5)16-31(6)27(33)24(19)26(25)32/h10-15,18,32H,7-9,16H2,1-6H3. The number of fused-ring (bicyclic) bond motifs is 5. The maximum atomic E-state index is 13.8. The first-order chi connectivity index (χ1) is 16.0. The lowest BCUT2D eigenvalue weighted by Gasteiger charge is -2.38. The summed E-state index contributed by atoms with van der Waals surface area (Å²) < 4.78 is 6.42. The third kappa shape index (κ3) is 3.53. The molecule has 3 heterocycles. The second-order valence-electron chi connectivity index (χ2n) is 10.9. The zero-order valence-electron chi connectivity index (χ0n) is 21.0. The molecular weight excluding hydrogens is 424 g/mol. The molecule has 5 heteroatoms. The van der Waals surface area contributed by atoms with Crippen LogP contribution in [0.4, 0.5) is 0 Å². The van der Waals surface area contributed by atoms with Crippen LogP contribution < -0.4 is 4.74 Å². The van der Waals surface area contributed by atoms with Crippen LogP contribution in [0.1, 0.15) is 67.6 Å². The molecule has 0 radical (unpaired) electrons. The van der Waals surface area contributed by atoms with Crippen molar-refractivity contribution in [2.24, 2.45) is 10.4 Å². The molecule has 1 amide bonds. The first kappa shape index (κ1) is 22.7. The highest BCUT2D eigenvalue weighted by molar-refractivity contribution is 6.02. The summed E-state index contributed by atoms with van der Waals surface area (Å²) in [6.45, 7) is 10.9. The van der Waals surface area contributed by atoms with Gasteiger partial charge in [0.1, 0.15) is 17.1 Å². The number of amides is 1.